The van der Waals surface area contributed by atoms with E-state index in [1.54, 1.807) is 0 Å². The second kappa shape index (κ2) is 4.54. The first-order valence-electron chi connectivity index (χ1n) is 3.29. The molecule has 4 nitrogen and oxygen atoms in total. The molecule has 1 aliphatic heterocycles. The molecule has 0 aromatic carbocycles. The van der Waals surface area contributed by atoms with Gasteiger partial charge in [-0.2, -0.15) is 0 Å². The average Bonchev–Trinajstić information content (AvgIpc) is 1.88. The van der Waals surface area contributed by atoms with E-state index in [-0.39, 0.29) is 18.5 Å². The zero-order chi connectivity index (χ0) is 7.56. The van der Waals surface area contributed by atoms with Gasteiger partial charge in [0.25, 0.3) is 0 Å². The summed E-state index contributed by atoms with van der Waals surface area (Å²) < 4.78 is 5.09. The van der Waals surface area contributed by atoms with Crippen molar-refractivity contribution in [1.82, 2.24) is 5.32 Å². The Kier molecular flexibility index (Phi) is 4.40. The Bertz CT molecular complexity index is 142. The van der Waals surface area contributed by atoms with Crippen LogP contribution in [0.2, 0.25) is 0 Å². The van der Waals surface area contributed by atoms with Crippen LogP contribution < -0.4 is 5.32 Å². The summed E-state index contributed by atoms with van der Waals surface area (Å²) in [6.45, 7) is 3.01. The van der Waals surface area contributed by atoms with Crippen LogP contribution in [0.4, 0.5) is 0 Å². The minimum atomic E-state index is -0.890. The molecule has 5 heteroatoms. The molecule has 66 valence electrons. The molecule has 1 rings (SSSR count). The molecule has 0 radical (unpaired) electrons. The molecule has 1 unspecified atom stereocenters. The second-order valence-electron chi connectivity index (χ2n) is 2.43. The smallest absolute Gasteiger partial charge is 0.334 e. The fourth-order valence-corrected chi connectivity index (χ4v) is 0.940. The van der Waals surface area contributed by atoms with E-state index in [0.29, 0.717) is 6.54 Å². The molecule has 0 aromatic rings. The van der Waals surface area contributed by atoms with E-state index in [1.807, 2.05) is 6.92 Å². The van der Waals surface area contributed by atoms with Gasteiger partial charge >= 0.3 is 5.97 Å². The third kappa shape index (κ3) is 3.05. The monoisotopic (exact) mass is 181 g/mol. The topological polar surface area (TPSA) is 58.6 Å². The third-order valence-electron chi connectivity index (χ3n) is 1.43. The molecule has 2 N–H and O–H groups in total. The summed E-state index contributed by atoms with van der Waals surface area (Å²) in [5.74, 6) is -0.890. The van der Waals surface area contributed by atoms with Crippen molar-refractivity contribution in [2.45, 2.75) is 19.1 Å². The summed E-state index contributed by atoms with van der Waals surface area (Å²) in [6, 6.07) is 0. The van der Waals surface area contributed by atoms with E-state index in [0.717, 1.165) is 6.54 Å². The van der Waals surface area contributed by atoms with E-state index in [2.05, 4.69) is 5.32 Å². The van der Waals surface area contributed by atoms with Crippen molar-refractivity contribution in [1.29, 1.82) is 0 Å². The Morgan fingerprint density at radius 1 is 1.64 bits per heavy atom. The van der Waals surface area contributed by atoms with Crippen LogP contribution in [0.25, 0.3) is 0 Å². The van der Waals surface area contributed by atoms with E-state index in [9.17, 15) is 4.79 Å². The van der Waals surface area contributed by atoms with Crippen LogP contribution in [0.5, 0.6) is 0 Å². The number of hydrogen-bond acceptors (Lipinski definition) is 3. The fourth-order valence-electron chi connectivity index (χ4n) is 0.940. The highest BCUT2D eigenvalue weighted by Crippen LogP contribution is 2.02. The van der Waals surface area contributed by atoms with Crippen molar-refractivity contribution in [3.63, 3.8) is 0 Å². The normalized spacial score (nSPS) is 30.6. The fraction of sp³-hybridized carbons (Fsp3) is 0.833. The summed E-state index contributed by atoms with van der Waals surface area (Å²) in [4.78, 5) is 10.3. The highest BCUT2D eigenvalue weighted by atomic mass is 35.5. The van der Waals surface area contributed by atoms with Crippen molar-refractivity contribution >= 4 is 18.4 Å². The number of halogens is 1. The summed E-state index contributed by atoms with van der Waals surface area (Å²) >= 11 is 0. The van der Waals surface area contributed by atoms with Crippen molar-refractivity contribution in [3.8, 4) is 0 Å². The van der Waals surface area contributed by atoms with Crippen LogP contribution in [0.3, 0.4) is 0 Å². The summed E-state index contributed by atoms with van der Waals surface area (Å²) in [6.07, 6.45) is -0.654. The Morgan fingerprint density at radius 3 is 2.64 bits per heavy atom. The van der Waals surface area contributed by atoms with Gasteiger partial charge < -0.3 is 15.2 Å². The zero-order valence-corrected chi connectivity index (χ0v) is 7.06. The summed E-state index contributed by atoms with van der Waals surface area (Å²) in [5, 5.41) is 11.5. The number of nitrogens with one attached hydrogen (secondary N) is 1. The van der Waals surface area contributed by atoms with Crippen LogP contribution in [0.1, 0.15) is 6.92 Å². The minimum absolute atomic E-state index is 0. The molecule has 0 amide bonds. The maximum atomic E-state index is 10.3. The zero-order valence-electron chi connectivity index (χ0n) is 6.24. The highest BCUT2D eigenvalue weighted by molar-refractivity contribution is 5.85. The molecule has 0 aromatic heterocycles. The van der Waals surface area contributed by atoms with E-state index in [4.69, 9.17) is 9.84 Å². The molecule has 0 bridgehead atoms. The molecule has 0 saturated carbocycles. The maximum absolute atomic E-state index is 10.3. The lowest BCUT2D eigenvalue weighted by Gasteiger charge is -2.25. The quantitative estimate of drug-likeness (QED) is 0.592. The highest BCUT2D eigenvalue weighted by Gasteiger charge is 2.24. The number of rotatable bonds is 1. The van der Waals surface area contributed by atoms with Gasteiger partial charge in [-0.05, 0) is 6.92 Å². The predicted molar refractivity (Wildman–Crippen MR) is 42.1 cm³/mol. The van der Waals surface area contributed by atoms with Crippen molar-refractivity contribution < 1.29 is 14.6 Å². The largest absolute Gasteiger partial charge is 0.479 e. The van der Waals surface area contributed by atoms with E-state index < -0.39 is 12.1 Å². The first-order valence-corrected chi connectivity index (χ1v) is 3.29. The van der Waals surface area contributed by atoms with Gasteiger partial charge in [-0.3, -0.25) is 0 Å². The first kappa shape index (κ1) is 10.7. The van der Waals surface area contributed by atoms with Gasteiger partial charge in [0.05, 0.1) is 6.10 Å². The predicted octanol–water partition coefficient (Wildman–Crippen LogP) is -0.130. The molecule has 11 heavy (non-hydrogen) atoms. The lowest BCUT2D eigenvalue weighted by atomic mass is 10.2. The molecule has 1 fully saturated rings. The van der Waals surface area contributed by atoms with Gasteiger partial charge in [0.15, 0.2) is 6.10 Å². The van der Waals surface area contributed by atoms with Gasteiger partial charge in [0.2, 0.25) is 0 Å². The van der Waals surface area contributed by atoms with Crippen molar-refractivity contribution in [2.24, 2.45) is 0 Å². The third-order valence-corrected chi connectivity index (χ3v) is 1.43. The summed E-state index contributed by atoms with van der Waals surface area (Å²) in [7, 11) is 0. The summed E-state index contributed by atoms with van der Waals surface area (Å²) in [5.41, 5.74) is 0. The molecular weight excluding hydrogens is 170 g/mol. The Labute approximate surface area is 71.3 Å². The van der Waals surface area contributed by atoms with Crippen LogP contribution in [0, 0.1) is 0 Å². The molecule has 1 heterocycles. The second-order valence-corrected chi connectivity index (χ2v) is 2.43. The Morgan fingerprint density at radius 2 is 2.27 bits per heavy atom. The van der Waals surface area contributed by atoms with E-state index >= 15 is 0 Å². The maximum Gasteiger partial charge on any atom is 0.334 e. The molecule has 0 aliphatic carbocycles. The van der Waals surface area contributed by atoms with Crippen LogP contribution in [-0.2, 0) is 9.53 Å². The Balaban J connectivity index is 0.000001000. The number of hydrogen-bond donors (Lipinski definition) is 2. The SMILES string of the molecule is C[C@H]1CNCC(C(=O)O)O1.Cl. The lowest BCUT2D eigenvalue weighted by molar-refractivity contribution is -0.156. The number of morpholine rings is 1. The van der Waals surface area contributed by atoms with Crippen LogP contribution >= 0.6 is 12.4 Å². The van der Waals surface area contributed by atoms with Gasteiger partial charge in [0.1, 0.15) is 0 Å². The number of aliphatic carboxylic acids is 1. The van der Waals surface area contributed by atoms with Gasteiger partial charge in [-0.25, -0.2) is 4.79 Å². The van der Waals surface area contributed by atoms with Crippen LogP contribution in [-0.4, -0.2) is 36.4 Å². The van der Waals surface area contributed by atoms with Crippen LogP contribution in [0.15, 0.2) is 0 Å². The van der Waals surface area contributed by atoms with Crippen molar-refractivity contribution in [3.05, 3.63) is 0 Å². The van der Waals surface area contributed by atoms with E-state index in [1.165, 1.54) is 0 Å². The van der Waals surface area contributed by atoms with Gasteiger partial charge in [0, 0.05) is 13.1 Å². The van der Waals surface area contributed by atoms with Crippen molar-refractivity contribution in [2.75, 3.05) is 13.1 Å². The Hall–Kier alpha value is -0.320. The number of carboxylic acid groups (broad SMARTS) is 1. The standard InChI is InChI=1S/C6H11NO3.ClH/c1-4-2-7-3-5(10-4)6(8)9;/h4-5,7H,2-3H2,1H3,(H,8,9);1H/t4-,5?;/m0./s1. The number of ether oxygens (including phenoxy) is 1. The lowest BCUT2D eigenvalue weighted by Crippen LogP contribution is -2.46. The molecule has 0 spiro atoms. The number of carbonyl (C=O) groups is 1. The minimum Gasteiger partial charge on any atom is -0.479 e. The van der Waals surface area contributed by atoms with Gasteiger partial charge in [-0.15, -0.1) is 12.4 Å². The van der Waals surface area contributed by atoms with Gasteiger partial charge in [-0.1, -0.05) is 0 Å². The molecular formula is C6H12ClNO3. The molecule has 1 aliphatic rings. The first-order chi connectivity index (χ1) is 4.70. The average molecular weight is 182 g/mol. The number of carboxylic acids is 1. The molecule has 2 atom stereocenters. The molecule has 1 saturated heterocycles.